The van der Waals surface area contributed by atoms with Gasteiger partial charge in [-0.3, -0.25) is 0 Å². The first kappa shape index (κ1) is 14.5. The molecule has 1 nitrogen and oxygen atoms in total. The first-order chi connectivity index (χ1) is 6.27. The van der Waals surface area contributed by atoms with Gasteiger partial charge in [0, 0.05) is 6.42 Å². The number of hydrogen-bond acceptors (Lipinski definition) is 0. The zero-order valence-corrected chi connectivity index (χ0v) is 11.5. The highest BCUT2D eigenvalue weighted by atomic mass is 35.5. The van der Waals surface area contributed by atoms with E-state index in [-0.39, 0.29) is 0 Å². The van der Waals surface area contributed by atoms with Gasteiger partial charge in [0.25, 0.3) is 0 Å². The first-order valence-corrected chi connectivity index (χ1v) is 6.21. The summed E-state index contributed by atoms with van der Waals surface area (Å²) in [6.45, 7) is 3.22. The average Bonchev–Trinajstić information content (AvgIpc) is 2.00. The summed E-state index contributed by atoms with van der Waals surface area (Å²) in [6.07, 6.45) is 5.39. The molecule has 0 atom stereocenters. The smallest absolute Gasteiger partial charge is 0.123 e. The van der Waals surface area contributed by atoms with Crippen molar-refractivity contribution in [3.8, 4) is 0 Å². The molecule has 86 valence electrons. The maximum atomic E-state index is 6.23. The van der Waals surface area contributed by atoms with Gasteiger partial charge in [-0.25, -0.2) is 0 Å². The van der Waals surface area contributed by atoms with Crippen molar-refractivity contribution in [1.82, 2.24) is 0 Å². The molecule has 0 saturated carbocycles. The topological polar surface area (TPSA) is 0 Å². The number of halogens is 2. The van der Waals surface area contributed by atoms with Gasteiger partial charge in [0.2, 0.25) is 0 Å². The Morgan fingerprint density at radius 3 is 2.00 bits per heavy atom. The number of nitrogens with zero attached hydrogens (tertiary/aromatic N) is 1. The summed E-state index contributed by atoms with van der Waals surface area (Å²) in [4.78, 5) is 0. The Morgan fingerprint density at radius 2 is 1.57 bits per heavy atom. The molecule has 0 N–H and O–H groups in total. The molecule has 0 spiro atoms. The van der Waals surface area contributed by atoms with Gasteiger partial charge < -0.3 is 4.48 Å². The summed E-state index contributed by atoms with van der Waals surface area (Å²) >= 11 is 12.5. The molecular formula is C11H24Cl2N+. The van der Waals surface area contributed by atoms with E-state index in [9.17, 15) is 0 Å². The van der Waals surface area contributed by atoms with Gasteiger partial charge in [0.1, 0.15) is 4.33 Å². The van der Waals surface area contributed by atoms with Crippen LogP contribution in [0, 0.1) is 0 Å². The van der Waals surface area contributed by atoms with Gasteiger partial charge in [0.15, 0.2) is 0 Å². The van der Waals surface area contributed by atoms with Gasteiger partial charge in [-0.05, 0) is 6.42 Å². The van der Waals surface area contributed by atoms with E-state index in [0.29, 0.717) is 0 Å². The minimum absolute atomic E-state index is 0.513. The van der Waals surface area contributed by atoms with Crippen LogP contribution in [0.25, 0.3) is 0 Å². The second kappa shape index (κ2) is 6.19. The van der Waals surface area contributed by atoms with Crippen LogP contribution in [-0.2, 0) is 0 Å². The van der Waals surface area contributed by atoms with Gasteiger partial charge >= 0.3 is 0 Å². The third-order valence-electron chi connectivity index (χ3n) is 2.29. The van der Waals surface area contributed by atoms with Crippen molar-refractivity contribution in [3.63, 3.8) is 0 Å². The largest absolute Gasteiger partial charge is 0.331 e. The lowest BCUT2D eigenvalue weighted by molar-refractivity contribution is -0.870. The van der Waals surface area contributed by atoms with Crippen molar-refractivity contribution >= 4 is 23.2 Å². The van der Waals surface area contributed by atoms with Crippen molar-refractivity contribution in [2.45, 2.75) is 43.4 Å². The van der Waals surface area contributed by atoms with Crippen LogP contribution in [-0.4, -0.2) is 36.5 Å². The van der Waals surface area contributed by atoms with E-state index in [0.717, 1.165) is 30.3 Å². The van der Waals surface area contributed by atoms with E-state index < -0.39 is 4.33 Å². The van der Waals surface area contributed by atoms with E-state index in [4.69, 9.17) is 23.2 Å². The fourth-order valence-corrected chi connectivity index (χ4v) is 1.69. The Morgan fingerprint density at radius 1 is 1.00 bits per heavy atom. The SMILES string of the molecule is CCCCCC(Cl)(Cl)CC[N+](C)(C)C. The number of quaternary nitrogens is 1. The molecule has 0 bridgehead atoms. The summed E-state index contributed by atoms with van der Waals surface area (Å²) in [5.74, 6) is 0. The van der Waals surface area contributed by atoms with Crippen LogP contribution in [0.4, 0.5) is 0 Å². The Hall–Kier alpha value is 0.540. The van der Waals surface area contributed by atoms with Gasteiger partial charge in [-0.2, -0.15) is 0 Å². The molecule has 0 fully saturated rings. The number of rotatable bonds is 7. The van der Waals surface area contributed by atoms with Crippen molar-refractivity contribution in [2.75, 3.05) is 27.7 Å². The van der Waals surface area contributed by atoms with Gasteiger partial charge in [-0.1, -0.05) is 26.2 Å². The Kier molecular flexibility index (Phi) is 6.43. The third-order valence-corrected chi connectivity index (χ3v) is 3.05. The second-order valence-electron chi connectivity index (χ2n) is 5.08. The molecule has 0 aliphatic carbocycles. The highest BCUT2D eigenvalue weighted by Gasteiger charge is 2.25. The number of hydrogen-bond donors (Lipinski definition) is 0. The standard InChI is InChI=1S/C11H24Cl2N/c1-5-6-7-8-11(12,13)9-10-14(2,3)4/h5-10H2,1-4H3/q+1. The molecular weight excluding hydrogens is 217 g/mol. The molecule has 0 radical (unpaired) electrons. The van der Waals surface area contributed by atoms with Crippen LogP contribution in [0.5, 0.6) is 0 Å². The molecule has 0 heterocycles. The molecule has 0 aliphatic heterocycles. The van der Waals surface area contributed by atoms with Crippen molar-refractivity contribution in [2.24, 2.45) is 0 Å². The van der Waals surface area contributed by atoms with E-state index in [1.54, 1.807) is 0 Å². The molecule has 0 aliphatic rings. The van der Waals surface area contributed by atoms with Crippen LogP contribution in [0.15, 0.2) is 0 Å². The predicted octanol–water partition coefficient (Wildman–Crippen LogP) is 3.84. The molecule has 0 rings (SSSR count). The van der Waals surface area contributed by atoms with Crippen LogP contribution in [0.3, 0.4) is 0 Å². The fraction of sp³-hybridized carbons (Fsp3) is 1.00. The molecule has 0 unspecified atom stereocenters. The summed E-state index contributed by atoms with van der Waals surface area (Å²) in [6, 6.07) is 0. The molecule has 14 heavy (non-hydrogen) atoms. The van der Waals surface area contributed by atoms with E-state index in [2.05, 4.69) is 28.1 Å². The number of unbranched alkanes of at least 4 members (excludes halogenated alkanes) is 2. The van der Waals surface area contributed by atoms with Crippen LogP contribution in [0.1, 0.15) is 39.0 Å². The van der Waals surface area contributed by atoms with E-state index in [1.165, 1.54) is 12.8 Å². The molecule has 0 aromatic rings. The first-order valence-electron chi connectivity index (χ1n) is 5.45. The minimum Gasteiger partial charge on any atom is -0.331 e. The Labute approximate surface area is 99.0 Å². The number of alkyl halides is 2. The fourth-order valence-electron chi connectivity index (χ4n) is 1.26. The highest BCUT2D eigenvalue weighted by Crippen LogP contribution is 2.32. The van der Waals surface area contributed by atoms with E-state index >= 15 is 0 Å². The summed E-state index contributed by atoms with van der Waals surface area (Å²) in [5.41, 5.74) is 0. The van der Waals surface area contributed by atoms with Gasteiger partial charge in [-0.15, -0.1) is 23.2 Å². The lowest BCUT2D eigenvalue weighted by Gasteiger charge is -2.28. The summed E-state index contributed by atoms with van der Waals surface area (Å²) < 4.78 is 0.412. The van der Waals surface area contributed by atoms with Crippen molar-refractivity contribution in [3.05, 3.63) is 0 Å². The normalized spacial score (nSPS) is 13.3. The third kappa shape index (κ3) is 9.11. The predicted molar refractivity (Wildman–Crippen MR) is 66.1 cm³/mol. The minimum atomic E-state index is -0.513. The molecule has 0 aromatic carbocycles. The van der Waals surface area contributed by atoms with Crippen LogP contribution >= 0.6 is 23.2 Å². The van der Waals surface area contributed by atoms with E-state index in [1.807, 2.05) is 0 Å². The molecule has 0 saturated heterocycles. The zero-order chi connectivity index (χ0) is 11.2. The quantitative estimate of drug-likeness (QED) is 0.361. The highest BCUT2D eigenvalue weighted by molar-refractivity contribution is 6.48. The molecule has 0 amide bonds. The average molecular weight is 241 g/mol. The second-order valence-corrected chi connectivity index (χ2v) is 6.72. The Balaban J connectivity index is 3.72. The van der Waals surface area contributed by atoms with Crippen LogP contribution in [0.2, 0.25) is 0 Å². The maximum Gasteiger partial charge on any atom is 0.123 e. The van der Waals surface area contributed by atoms with Crippen LogP contribution < -0.4 is 0 Å². The zero-order valence-electron chi connectivity index (χ0n) is 9.95. The summed E-state index contributed by atoms with van der Waals surface area (Å²) in [7, 11) is 6.49. The molecule has 0 aromatic heterocycles. The van der Waals surface area contributed by atoms with Gasteiger partial charge in [0.05, 0.1) is 27.7 Å². The Bertz CT molecular complexity index is 150. The van der Waals surface area contributed by atoms with Crippen molar-refractivity contribution < 1.29 is 4.48 Å². The lowest BCUT2D eigenvalue weighted by atomic mass is 10.1. The maximum absolute atomic E-state index is 6.23. The summed E-state index contributed by atoms with van der Waals surface area (Å²) in [5, 5.41) is 0. The molecule has 3 heteroatoms. The monoisotopic (exact) mass is 240 g/mol. The van der Waals surface area contributed by atoms with Crippen molar-refractivity contribution in [1.29, 1.82) is 0 Å². The lowest BCUT2D eigenvalue weighted by Crippen LogP contribution is -2.37.